The van der Waals surface area contributed by atoms with E-state index in [1.807, 2.05) is 37.8 Å². The number of aromatic nitrogens is 1. The molecule has 0 saturated carbocycles. The number of morpholine rings is 2. The van der Waals surface area contributed by atoms with Gasteiger partial charge >= 0.3 is 0 Å². The summed E-state index contributed by atoms with van der Waals surface area (Å²) in [6, 6.07) is 3.82. The Morgan fingerprint density at radius 2 is 1.80 bits per heavy atom. The van der Waals surface area contributed by atoms with Crippen molar-refractivity contribution in [2.75, 3.05) is 31.1 Å². The van der Waals surface area contributed by atoms with Crippen molar-refractivity contribution in [3.8, 4) is 0 Å². The molecule has 0 N–H and O–H groups in total. The van der Waals surface area contributed by atoms with Crippen LogP contribution in [-0.2, 0) is 9.47 Å². The molecule has 25 heavy (non-hydrogen) atoms. The van der Waals surface area contributed by atoms with Crippen LogP contribution in [0.25, 0.3) is 0 Å². The van der Waals surface area contributed by atoms with Gasteiger partial charge in [-0.3, -0.25) is 4.79 Å². The molecular formula is C19H29N3O3. The maximum atomic E-state index is 12.8. The molecule has 3 heterocycles. The summed E-state index contributed by atoms with van der Waals surface area (Å²) in [4.78, 5) is 21.4. The van der Waals surface area contributed by atoms with Crippen LogP contribution in [0.2, 0.25) is 0 Å². The lowest BCUT2D eigenvalue weighted by molar-refractivity contribution is -0.118. The number of rotatable bonds is 2. The third kappa shape index (κ3) is 4.30. The van der Waals surface area contributed by atoms with Crippen molar-refractivity contribution in [2.24, 2.45) is 0 Å². The summed E-state index contributed by atoms with van der Waals surface area (Å²) in [6.07, 6.45) is 2.10. The molecule has 2 saturated heterocycles. The van der Waals surface area contributed by atoms with Gasteiger partial charge in [0.1, 0.15) is 5.82 Å². The molecule has 6 heteroatoms. The molecule has 2 aliphatic rings. The maximum absolute atomic E-state index is 12.8. The van der Waals surface area contributed by atoms with E-state index in [1.54, 1.807) is 6.20 Å². The quantitative estimate of drug-likeness (QED) is 0.822. The molecule has 0 aromatic carbocycles. The van der Waals surface area contributed by atoms with Crippen LogP contribution >= 0.6 is 0 Å². The Bertz CT molecular complexity index is 607. The van der Waals surface area contributed by atoms with Gasteiger partial charge in [-0.2, -0.15) is 0 Å². The number of carbonyl (C=O) groups is 1. The second kappa shape index (κ2) is 6.92. The van der Waals surface area contributed by atoms with Gasteiger partial charge < -0.3 is 19.3 Å². The third-order valence-corrected chi connectivity index (χ3v) is 4.59. The van der Waals surface area contributed by atoms with Gasteiger partial charge in [-0.05, 0) is 46.8 Å². The van der Waals surface area contributed by atoms with E-state index in [9.17, 15) is 4.79 Å². The van der Waals surface area contributed by atoms with Crippen LogP contribution in [0.4, 0.5) is 5.82 Å². The lowest BCUT2D eigenvalue weighted by atomic mass is 10.0. The van der Waals surface area contributed by atoms with E-state index in [-0.39, 0.29) is 29.8 Å². The summed E-state index contributed by atoms with van der Waals surface area (Å²) in [7, 11) is 0. The summed E-state index contributed by atoms with van der Waals surface area (Å²) in [5.41, 5.74) is 0.309. The molecule has 138 valence electrons. The van der Waals surface area contributed by atoms with Crippen molar-refractivity contribution >= 4 is 11.7 Å². The maximum Gasteiger partial charge on any atom is 0.255 e. The summed E-state index contributed by atoms with van der Waals surface area (Å²) < 4.78 is 11.6. The Morgan fingerprint density at radius 3 is 2.36 bits per heavy atom. The first-order valence-corrected chi connectivity index (χ1v) is 9.07. The second-order valence-electron chi connectivity index (χ2n) is 7.94. The summed E-state index contributed by atoms with van der Waals surface area (Å²) in [5.74, 6) is 0.917. The van der Waals surface area contributed by atoms with Crippen molar-refractivity contribution < 1.29 is 14.3 Å². The lowest BCUT2D eigenvalue weighted by Crippen LogP contribution is -2.53. The number of hydrogen-bond acceptors (Lipinski definition) is 5. The predicted molar refractivity (Wildman–Crippen MR) is 97.0 cm³/mol. The van der Waals surface area contributed by atoms with E-state index in [1.165, 1.54) is 0 Å². The molecule has 0 aliphatic carbocycles. The number of nitrogens with zero attached hydrogens (tertiary/aromatic N) is 3. The molecule has 6 nitrogen and oxygen atoms in total. The van der Waals surface area contributed by atoms with Gasteiger partial charge in [0, 0.05) is 32.4 Å². The zero-order valence-corrected chi connectivity index (χ0v) is 15.9. The van der Waals surface area contributed by atoms with E-state index < -0.39 is 0 Å². The van der Waals surface area contributed by atoms with E-state index in [2.05, 4.69) is 23.7 Å². The van der Waals surface area contributed by atoms with Crippen LogP contribution in [-0.4, -0.2) is 65.9 Å². The van der Waals surface area contributed by atoms with Crippen LogP contribution in [0.15, 0.2) is 18.3 Å². The van der Waals surface area contributed by atoms with Crippen LogP contribution in [0, 0.1) is 0 Å². The largest absolute Gasteiger partial charge is 0.372 e. The summed E-state index contributed by atoms with van der Waals surface area (Å²) in [6.45, 7) is 13.0. The Kier molecular flexibility index (Phi) is 5.02. The fraction of sp³-hybridized carbons (Fsp3) is 0.684. The number of anilines is 1. The molecule has 0 unspecified atom stereocenters. The monoisotopic (exact) mass is 347 g/mol. The predicted octanol–water partition coefficient (Wildman–Crippen LogP) is 2.33. The SMILES string of the molecule is C[C@@H]1CN(c2ccc(C(=O)N3C[C@H](C)OC(C)(C)C3)cn2)C[C@H](C)O1. The molecule has 1 amide bonds. The van der Waals surface area contributed by atoms with Gasteiger partial charge in [-0.1, -0.05) is 0 Å². The summed E-state index contributed by atoms with van der Waals surface area (Å²) >= 11 is 0. The van der Waals surface area contributed by atoms with E-state index in [4.69, 9.17) is 9.47 Å². The number of carbonyl (C=O) groups excluding carboxylic acids is 1. The topological polar surface area (TPSA) is 54.9 Å². The standard InChI is InChI=1S/C19H29N3O3/c1-13-9-21(10-14(2)24-13)17-7-6-16(8-20-17)18(23)22-11-15(3)25-19(4,5)12-22/h6-8,13-15H,9-12H2,1-5H3/t13-,14+,15-/m0/s1. The number of ether oxygens (including phenoxy) is 2. The minimum atomic E-state index is -0.319. The fourth-order valence-electron chi connectivity index (χ4n) is 3.86. The number of amides is 1. The Hall–Kier alpha value is -1.66. The highest BCUT2D eigenvalue weighted by molar-refractivity contribution is 5.94. The van der Waals surface area contributed by atoms with Crippen molar-refractivity contribution in [2.45, 2.75) is 58.5 Å². The molecule has 0 bridgehead atoms. The molecule has 2 aliphatic heterocycles. The Morgan fingerprint density at radius 1 is 1.12 bits per heavy atom. The highest BCUT2D eigenvalue weighted by Crippen LogP contribution is 2.23. The first-order valence-electron chi connectivity index (χ1n) is 9.07. The van der Waals surface area contributed by atoms with Gasteiger partial charge in [-0.25, -0.2) is 4.98 Å². The molecule has 1 aromatic rings. The first-order chi connectivity index (χ1) is 11.7. The van der Waals surface area contributed by atoms with Crippen molar-refractivity contribution in [3.05, 3.63) is 23.9 Å². The molecular weight excluding hydrogens is 318 g/mol. The van der Waals surface area contributed by atoms with E-state index >= 15 is 0 Å². The lowest BCUT2D eigenvalue weighted by Gasteiger charge is -2.41. The molecule has 3 rings (SSSR count). The minimum absolute atomic E-state index is 0.0194. The highest BCUT2D eigenvalue weighted by Gasteiger charge is 2.34. The minimum Gasteiger partial charge on any atom is -0.372 e. The van der Waals surface area contributed by atoms with Crippen LogP contribution in [0.3, 0.4) is 0 Å². The van der Waals surface area contributed by atoms with Gasteiger partial charge in [0.15, 0.2) is 0 Å². The smallest absolute Gasteiger partial charge is 0.255 e. The van der Waals surface area contributed by atoms with Crippen LogP contribution in [0.5, 0.6) is 0 Å². The van der Waals surface area contributed by atoms with Crippen LogP contribution in [0.1, 0.15) is 45.0 Å². The first kappa shape index (κ1) is 18.1. The molecule has 2 fully saturated rings. The highest BCUT2D eigenvalue weighted by atomic mass is 16.5. The molecule has 0 radical (unpaired) electrons. The van der Waals surface area contributed by atoms with E-state index in [0.29, 0.717) is 18.7 Å². The van der Waals surface area contributed by atoms with Crippen molar-refractivity contribution in [3.63, 3.8) is 0 Å². The van der Waals surface area contributed by atoms with Crippen molar-refractivity contribution in [1.82, 2.24) is 9.88 Å². The van der Waals surface area contributed by atoms with Crippen molar-refractivity contribution in [1.29, 1.82) is 0 Å². The molecule has 1 aromatic heterocycles. The Balaban J connectivity index is 1.70. The number of pyridine rings is 1. The fourth-order valence-corrected chi connectivity index (χ4v) is 3.86. The van der Waals surface area contributed by atoms with Gasteiger partial charge in [0.25, 0.3) is 5.91 Å². The van der Waals surface area contributed by atoms with Gasteiger partial charge in [0.2, 0.25) is 0 Å². The van der Waals surface area contributed by atoms with E-state index in [0.717, 1.165) is 18.9 Å². The summed E-state index contributed by atoms with van der Waals surface area (Å²) in [5, 5.41) is 0. The third-order valence-electron chi connectivity index (χ3n) is 4.59. The normalized spacial score (nSPS) is 29.6. The molecule has 3 atom stereocenters. The second-order valence-corrected chi connectivity index (χ2v) is 7.94. The molecule has 0 spiro atoms. The Labute approximate surface area is 150 Å². The zero-order valence-electron chi connectivity index (χ0n) is 15.9. The van der Waals surface area contributed by atoms with Gasteiger partial charge in [-0.15, -0.1) is 0 Å². The number of hydrogen-bond donors (Lipinski definition) is 0. The zero-order chi connectivity index (χ0) is 18.2. The average molecular weight is 347 g/mol. The van der Waals surface area contributed by atoms with Gasteiger partial charge in [0.05, 0.1) is 29.5 Å². The average Bonchev–Trinajstić information content (AvgIpc) is 2.51. The van der Waals surface area contributed by atoms with Crippen LogP contribution < -0.4 is 4.90 Å².